The van der Waals surface area contributed by atoms with Crippen LogP contribution in [0.2, 0.25) is 0 Å². The fourth-order valence-corrected chi connectivity index (χ4v) is 3.64. The molecule has 1 amide bonds. The largest absolute Gasteiger partial charge is 0.370 e. The molecule has 0 aromatic heterocycles. The van der Waals surface area contributed by atoms with Crippen LogP contribution in [0.3, 0.4) is 0 Å². The number of aliphatic imine (C=N–C) groups is 1. The smallest absolute Gasteiger partial charge is 0.217 e. The first-order valence-electron chi connectivity index (χ1n) is 9.59. The molecule has 0 saturated carbocycles. The van der Waals surface area contributed by atoms with Gasteiger partial charge in [-0.1, -0.05) is 12.1 Å². The molecule has 1 fully saturated rings. The molecule has 1 saturated heterocycles. The lowest BCUT2D eigenvalue weighted by atomic mass is 9.95. The van der Waals surface area contributed by atoms with Crippen molar-refractivity contribution in [2.24, 2.45) is 16.6 Å². The van der Waals surface area contributed by atoms with E-state index < -0.39 is 0 Å². The minimum Gasteiger partial charge on any atom is -0.370 e. The number of nitrogens with one attached hydrogen (secondary N) is 1. The SMILES string of the molecule is CCN(CCNC(=NC)N1CCCC(CC(N)=O)C1)c1cccc(C)c1. The van der Waals surface area contributed by atoms with Crippen molar-refractivity contribution in [2.45, 2.75) is 33.1 Å². The van der Waals surface area contributed by atoms with E-state index in [9.17, 15) is 4.79 Å². The third-order valence-electron chi connectivity index (χ3n) is 4.93. The molecule has 1 unspecified atom stereocenters. The summed E-state index contributed by atoms with van der Waals surface area (Å²) in [6.45, 7) is 8.83. The van der Waals surface area contributed by atoms with Crippen molar-refractivity contribution < 1.29 is 4.79 Å². The monoisotopic (exact) mass is 359 g/mol. The van der Waals surface area contributed by atoms with E-state index in [0.29, 0.717) is 12.3 Å². The molecule has 1 aromatic carbocycles. The van der Waals surface area contributed by atoms with Crippen LogP contribution in [0.1, 0.15) is 31.7 Å². The number of primary amides is 1. The summed E-state index contributed by atoms with van der Waals surface area (Å²) in [5.41, 5.74) is 7.89. The summed E-state index contributed by atoms with van der Waals surface area (Å²) in [7, 11) is 1.82. The minimum atomic E-state index is -0.212. The number of nitrogens with zero attached hydrogens (tertiary/aromatic N) is 3. The molecule has 0 bridgehead atoms. The van der Waals surface area contributed by atoms with Crippen LogP contribution >= 0.6 is 0 Å². The molecule has 0 radical (unpaired) electrons. The van der Waals surface area contributed by atoms with Crippen molar-refractivity contribution >= 4 is 17.6 Å². The maximum Gasteiger partial charge on any atom is 0.217 e. The van der Waals surface area contributed by atoms with Gasteiger partial charge in [-0.3, -0.25) is 9.79 Å². The van der Waals surface area contributed by atoms with Gasteiger partial charge in [0.1, 0.15) is 0 Å². The molecule has 26 heavy (non-hydrogen) atoms. The third kappa shape index (κ3) is 5.93. The predicted octanol–water partition coefficient (Wildman–Crippen LogP) is 1.98. The van der Waals surface area contributed by atoms with E-state index in [1.165, 1.54) is 11.3 Å². The number of likely N-dealkylation sites (N-methyl/N-ethyl adjacent to an activating group) is 1. The molecule has 1 aliphatic rings. The maximum atomic E-state index is 11.2. The van der Waals surface area contributed by atoms with Gasteiger partial charge in [-0.15, -0.1) is 0 Å². The quantitative estimate of drug-likeness (QED) is 0.577. The standard InChI is InChI=1S/C20H33N5O/c1-4-24(18-9-5-7-16(2)13-18)12-10-23-20(22-3)25-11-6-8-17(15-25)14-19(21)26/h5,7,9,13,17H,4,6,8,10-12,14-15H2,1-3H3,(H2,21,26)(H,22,23). The summed E-state index contributed by atoms with van der Waals surface area (Å²) in [6, 6.07) is 8.60. The van der Waals surface area contributed by atoms with E-state index >= 15 is 0 Å². The molecule has 3 N–H and O–H groups in total. The Balaban J connectivity index is 1.87. The van der Waals surface area contributed by atoms with Gasteiger partial charge in [-0.25, -0.2) is 0 Å². The van der Waals surface area contributed by atoms with Gasteiger partial charge in [0, 0.05) is 51.9 Å². The van der Waals surface area contributed by atoms with Crippen LogP contribution in [0.4, 0.5) is 5.69 Å². The number of piperidine rings is 1. The Morgan fingerprint density at radius 2 is 2.27 bits per heavy atom. The number of rotatable bonds is 7. The van der Waals surface area contributed by atoms with E-state index in [1.807, 2.05) is 7.05 Å². The molecule has 6 heteroatoms. The summed E-state index contributed by atoms with van der Waals surface area (Å²) in [5, 5.41) is 3.48. The van der Waals surface area contributed by atoms with Crippen molar-refractivity contribution in [1.29, 1.82) is 0 Å². The molecule has 0 spiro atoms. The van der Waals surface area contributed by atoms with Gasteiger partial charge in [0.05, 0.1) is 0 Å². The van der Waals surface area contributed by atoms with Crippen LogP contribution in [0.15, 0.2) is 29.3 Å². The van der Waals surface area contributed by atoms with Gasteiger partial charge in [-0.05, 0) is 50.3 Å². The first-order chi connectivity index (χ1) is 12.5. The molecule has 1 atom stereocenters. The number of aryl methyl sites for hydroxylation is 1. The van der Waals surface area contributed by atoms with E-state index in [0.717, 1.165) is 51.5 Å². The number of guanidine groups is 1. The molecule has 1 aliphatic heterocycles. The molecule has 144 valence electrons. The first-order valence-corrected chi connectivity index (χ1v) is 9.59. The fourth-order valence-electron chi connectivity index (χ4n) is 3.64. The Morgan fingerprint density at radius 3 is 2.92 bits per heavy atom. The number of nitrogens with two attached hydrogens (primary N) is 1. The molecular formula is C20H33N5O. The Bertz CT molecular complexity index is 616. The minimum absolute atomic E-state index is 0.212. The van der Waals surface area contributed by atoms with Crippen LogP contribution in [0.5, 0.6) is 0 Å². The number of carbonyl (C=O) groups is 1. The molecule has 0 aliphatic carbocycles. The normalized spacial score (nSPS) is 17.9. The second kappa shape index (κ2) is 10.0. The number of benzene rings is 1. The van der Waals surface area contributed by atoms with Crippen molar-refractivity contribution in [3.05, 3.63) is 29.8 Å². The highest BCUT2D eigenvalue weighted by atomic mass is 16.1. The number of carbonyl (C=O) groups excluding carboxylic acids is 1. The van der Waals surface area contributed by atoms with Gasteiger partial charge >= 0.3 is 0 Å². The second-order valence-corrected chi connectivity index (χ2v) is 7.02. The van der Waals surface area contributed by atoms with Gasteiger partial charge in [0.25, 0.3) is 0 Å². The number of hydrogen-bond acceptors (Lipinski definition) is 3. The zero-order chi connectivity index (χ0) is 18.9. The van der Waals surface area contributed by atoms with Gasteiger partial charge in [0.15, 0.2) is 5.96 Å². The average molecular weight is 360 g/mol. The Kier molecular flexibility index (Phi) is 7.75. The number of anilines is 1. The van der Waals surface area contributed by atoms with Crippen molar-refractivity contribution in [2.75, 3.05) is 44.7 Å². The van der Waals surface area contributed by atoms with Crippen LogP contribution in [0.25, 0.3) is 0 Å². The lowest BCUT2D eigenvalue weighted by Crippen LogP contribution is -2.48. The second-order valence-electron chi connectivity index (χ2n) is 7.02. The lowest BCUT2D eigenvalue weighted by molar-refractivity contribution is -0.119. The van der Waals surface area contributed by atoms with Crippen molar-refractivity contribution in [3.8, 4) is 0 Å². The molecule has 6 nitrogen and oxygen atoms in total. The number of likely N-dealkylation sites (tertiary alicyclic amines) is 1. The Morgan fingerprint density at radius 1 is 1.46 bits per heavy atom. The highest BCUT2D eigenvalue weighted by Crippen LogP contribution is 2.19. The summed E-state index contributed by atoms with van der Waals surface area (Å²) in [4.78, 5) is 20.2. The zero-order valence-corrected chi connectivity index (χ0v) is 16.4. The molecule has 1 aromatic rings. The topological polar surface area (TPSA) is 74.0 Å². The van der Waals surface area contributed by atoms with Crippen LogP contribution in [-0.4, -0.2) is 56.5 Å². The highest BCUT2D eigenvalue weighted by molar-refractivity contribution is 5.80. The van der Waals surface area contributed by atoms with Gasteiger partial charge in [-0.2, -0.15) is 0 Å². The first kappa shape index (κ1) is 20.1. The Labute approximate surface area is 157 Å². The Hall–Kier alpha value is -2.24. The fraction of sp³-hybridized carbons (Fsp3) is 0.600. The molecular weight excluding hydrogens is 326 g/mol. The average Bonchev–Trinajstić information content (AvgIpc) is 2.61. The van der Waals surface area contributed by atoms with Crippen molar-refractivity contribution in [1.82, 2.24) is 10.2 Å². The van der Waals surface area contributed by atoms with Gasteiger partial charge in [0.2, 0.25) is 5.91 Å². The molecule has 1 heterocycles. The van der Waals surface area contributed by atoms with Crippen LogP contribution in [0, 0.1) is 12.8 Å². The van der Waals surface area contributed by atoms with E-state index in [1.54, 1.807) is 0 Å². The third-order valence-corrected chi connectivity index (χ3v) is 4.93. The maximum absolute atomic E-state index is 11.2. The lowest BCUT2D eigenvalue weighted by Gasteiger charge is -2.35. The molecule has 2 rings (SSSR count). The van der Waals surface area contributed by atoms with E-state index in [2.05, 4.69) is 58.2 Å². The number of amides is 1. The van der Waals surface area contributed by atoms with Gasteiger partial charge < -0.3 is 20.9 Å². The van der Waals surface area contributed by atoms with Crippen LogP contribution in [-0.2, 0) is 4.79 Å². The summed E-state index contributed by atoms with van der Waals surface area (Å²) < 4.78 is 0. The van der Waals surface area contributed by atoms with Crippen LogP contribution < -0.4 is 16.0 Å². The van der Waals surface area contributed by atoms with E-state index in [4.69, 9.17) is 5.73 Å². The van der Waals surface area contributed by atoms with Crippen molar-refractivity contribution in [3.63, 3.8) is 0 Å². The predicted molar refractivity (Wildman–Crippen MR) is 109 cm³/mol. The summed E-state index contributed by atoms with van der Waals surface area (Å²) >= 11 is 0. The zero-order valence-electron chi connectivity index (χ0n) is 16.4. The number of hydrogen-bond donors (Lipinski definition) is 2. The summed E-state index contributed by atoms with van der Waals surface area (Å²) in [5.74, 6) is 1.04. The van der Waals surface area contributed by atoms with E-state index in [-0.39, 0.29) is 5.91 Å². The summed E-state index contributed by atoms with van der Waals surface area (Å²) in [6.07, 6.45) is 2.60. The highest BCUT2D eigenvalue weighted by Gasteiger charge is 2.23.